The van der Waals surface area contributed by atoms with Gasteiger partial charge in [0.2, 0.25) is 5.91 Å². The van der Waals surface area contributed by atoms with Gasteiger partial charge in [0.25, 0.3) is 0 Å². The third-order valence-corrected chi connectivity index (χ3v) is 4.31. The quantitative estimate of drug-likeness (QED) is 0.762. The van der Waals surface area contributed by atoms with E-state index in [0.717, 1.165) is 24.0 Å². The molecule has 5 nitrogen and oxygen atoms in total. The zero-order chi connectivity index (χ0) is 16.4. The molecule has 2 aliphatic rings. The Hall–Kier alpha value is -1.17. The molecule has 1 aliphatic heterocycles. The van der Waals surface area contributed by atoms with Crippen molar-refractivity contribution >= 4 is 24.1 Å². The maximum absolute atomic E-state index is 13.0. The van der Waals surface area contributed by atoms with E-state index in [4.69, 9.17) is 11.5 Å². The van der Waals surface area contributed by atoms with E-state index in [1.54, 1.807) is 11.8 Å². The van der Waals surface area contributed by atoms with E-state index in [2.05, 4.69) is 0 Å². The fraction of sp³-hybridized carbons (Fsp3) is 0.647. The van der Waals surface area contributed by atoms with Crippen LogP contribution in [-0.4, -0.2) is 35.3 Å². The summed E-state index contributed by atoms with van der Waals surface area (Å²) in [6, 6.07) is -0.659. The lowest BCUT2D eigenvalue weighted by Crippen LogP contribution is -2.51. The van der Waals surface area contributed by atoms with E-state index in [9.17, 15) is 9.59 Å². The summed E-state index contributed by atoms with van der Waals surface area (Å²) in [5.74, 6) is -0.905. The molecule has 0 aromatic carbocycles. The zero-order valence-electron chi connectivity index (χ0n) is 14.1. The molecule has 4 N–H and O–H groups in total. The van der Waals surface area contributed by atoms with Gasteiger partial charge in [0.1, 0.15) is 5.92 Å². The summed E-state index contributed by atoms with van der Waals surface area (Å²) in [6.45, 7) is 6.29. The Balaban J connectivity index is 0.00000264. The highest BCUT2D eigenvalue weighted by Gasteiger charge is 2.40. The first kappa shape index (κ1) is 19.9. The zero-order valence-corrected chi connectivity index (χ0v) is 14.9. The summed E-state index contributed by atoms with van der Waals surface area (Å²) in [5, 5.41) is 0. The third-order valence-electron chi connectivity index (χ3n) is 4.31. The van der Waals surface area contributed by atoms with Gasteiger partial charge in [0.05, 0.1) is 12.2 Å². The molecule has 1 heterocycles. The number of allylic oxidation sites excluding steroid dienone is 2. The van der Waals surface area contributed by atoms with Crippen molar-refractivity contribution in [3.05, 3.63) is 23.3 Å². The molecule has 0 radical (unpaired) electrons. The van der Waals surface area contributed by atoms with Crippen LogP contribution in [0.1, 0.15) is 40.0 Å². The smallest absolute Gasteiger partial charge is 0.238 e. The predicted octanol–water partition coefficient (Wildman–Crippen LogP) is 1.76. The highest BCUT2D eigenvalue weighted by Crippen LogP contribution is 2.34. The molecule has 23 heavy (non-hydrogen) atoms. The van der Waals surface area contributed by atoms with Crippen molar-refractivity contribution in [2.45, 2.75) is 52.2 Å². The summed E-state index contributed by atoms with van der Waals surface area (Å²) >= 11 is 0. The number of Topliss-reactive ketones (excluding diaryl/α,β-unsaturated/α-hetero) is 1. The van der Waals surface area contributed by atoms with Crippen molar-refractivity contribution in [1.82, 2.24) is 4.90 Å². The summed E-state index contributed by atoms with van der Waals surface area (Å²) in [5.41, 5.74) is 14.0. The number of carbonyl (C=O) groups is 2. The average Bonchev–Trinajstić information content (AvgIpc) is 2.54. The molecular weight excluding hydrogens is 314 g/mol. The Kier molecular flexibility index (Phi) is 6.99. The highest BCUT2D eigenvalue weighted by molar-refractivity contribution is 6.07. The third kappa shape index (κ3) is 4.22. The van der Waals surface area contributed by atoms with E-state index in [0.29, 0.717) is 18.9 Å². The average molecular weight is 342 g/mol. The minimum absolute atomic E-state index is 0. The lowest BCUT2D eigenvalue weighted by molar-refractivity contribution is -0.141. The molecule has 0 saturated carbocycles. The van der Waals surface area contributed by atoms with Crippen molar-refractivity contribution in [3.8, 4) is 0 Å². The number of nitrogens with two attached hydrogens (primary N) is 2. The lowest BCUT2D eigenvalue weighted by atomic mass is 9.83. The second kappa shape index (κ2) is 8.08. The summed E-state index contributed by atoms with van der Waals surface area (Å²) in [7, 11) is 0. The van der Waals surface area contributed by atoms with Crippen LogP contribution in [0, 0.1) is 11.8 Å². The Morgan fingerprint density at radius 3 is 2.61 bits per heavy atom. The van der Waals surface area contributed by atoms with Gasteiger partial charge in [-0.3, -0.25) is 9.59 Å². The van der Waals surface area contributed by atoms with E-state index in [-0.39, 0.29) is 30.3 Å². The van der Waals surface area contributed by atoms with Crippen LogP contribution in [0.15, 0.2) is 23.3 Å². The maximum atomic E-state index is 13.0. The molecule has 6 heteroatoms. The molecule has 0 saturated heterocycles. The van der Waals surface area contributed by atoms with Gasteiger partial charge in [-0.25, -0.2) is 0 Å². The molecule has 0 aromatic rings. The minimum Gasteiger partial charge on any atom is -0.326 e. The van der Waals surface area contributed by atoms with Crippen LogP contribution in [0.5, 0.6) is 0 Å². The van der Waals surface area contributed by atoms with Crippen LogP contribution in [-0.2, 0) is 9.59 Å². The van der Waals surface area contributed by atoms with E-state index in [1.807, 2.05) is 26.0 Å². The fourth-order valence-electron chi connectivity index (χ4n) is 3.23. The van der Waals surface area contributed by atoms with E-state index in [1.165, 1.54) is 0 Å². The molecular formula is C17H28ClN3O2. The SMILES string of the molecule is CC(C)CN1C(=O)[C@H](C(=O)[C@H](C)N)C2=C(CCC=C2)CC1N.Cl. The Labute approximate surface area is 144 Å². The molecule has 0 aromatic heterocycles. The van der Waals surface area contributed by atoms with Crippen molar-refractivity contribution in [2.24, 2.45) is 23.3 Å². The first-order valence-corrected chi connectivity index (χ1v) is 8.06. The standard InChI is InChI=1S/C17H27N3O2.ClH/c1-10(2)9-20-14(19)8-12-6-4-5-7-13(12)15(17(20)22)16(21)11(3)18;/h5,7,10-11,14-15H,4,6,8-9,18-19H2,1-3H3;1H/t11-,14?,15-;/m0./s1. The molecule has 3 atom stereocenters. The second-order valence-electron chi connectivity index (χ2n) is 6.78. The molecule has 0 bridgehead atoms. The summed E-state index contributed by atoms with van der Waals surface area (Å²) < 4.78 is 0. The van der Waals surface area contributed by atoms with E-state index >= 15 is 0 Å². The Morgan fingerprint density at radius 1 is 1.39 bits per heavy atom. The maximum Gasteiger partial charge on any atom is 0.238 e. The first-order valence-electron chi connectivity index (χ1n) is 8.06. The second-order valence-corrected chi connectivity index (χ2v) is 6.78. The number of halogens is 1. The van der Waals surface area contributed by atoms with Gasteiger partial charge >= 0.3 is 0 Å². The Morgan fingerprint density at radius 2 is 2.04 bits per heavy atom. The normalized spacial score (nSPS) is 25.8. The lowest BCUT2D eigenvalue weighted by Gasteiger charge is -2.31. The van der Waals surface area contributed by atoms with Crippen LogP contribution in [0.2, 0.25) is 0 Å². The van der Waals surface area contributed by atoms with Gasteiger partial charge < -0.3 is 16.4 Å². The molecule has 2 rings (SSSR count). The topological polar surface area (TPSA) is 89.4 Å². The molecule has 0 spiro atoms. The van der Waals surface area contributed by atoms with Crippen LogP contribution >= 0.6 is 12.4 Å². The molecule has 1 unspecified atom stereocenters. The van der Waals surface area contributed by atoms with Crippen LogP contribution in [0.3, 0.4) is 0 Å². The minimum atomic E-state index is -0.793. The number of rotatable bonds is 4. The van der Waals surface area contributed by atoms with E-state index < -0.39 is 12.0 Å². The molecule has 1 aliphatic carbocycles. The van der Waals surface area contributed by atoms with Gasteiger partial charge in [-0.05, 0) is 31.3 Å². The van der Waals surface area contributed by atoms with Gasteiger partial charge in [0, 0.05) is 13.0 Å². The van der Waals surface area contributed by atoms with Crippen molar-refractivity contribution in [2.75, 3.05) is 6.54 Å². The van der Waals surface area contributed by atoms with Crippen molar-refractivity contribution in [3.63, 3.8) is 0 Å². The van der Waals surface area contributed by atoms with Crippen LogP contribution < -0.4 is 11.5 Å². The summed E-state index contributed by atoms with van der Waals surface area (Å²) in [4.78, 5) is 27.2. The monoisotopic (exact) mass is 341 g/mol. The number of ketones is 1. The van der Waals surface area contributed by atoms with Gasteiger partial charge in [-0.1, -0.05) is 31.6 Å². The number of carbonyl (C=O) groups excluding carboxylic acids is 2. The predicted molar refractivity (Wildman–Crippen MR) is 93.9 cm³/mol. The number of nitrogens with zero attached hydrogens (tertiary/aromatic N) is 1. The van der Waals surface area contributed by atoms with Gasteiger partial charge in [0.15, 0.2) is 5.78 Å². The van der Waals surface area contributed by atoms with Gasteiger partial charge in [-0.2, -0.15) is 0 Å². The number of amides is 1. The van der Waals surface area contributed by atoms with Crippen molar-refractivity contribution in [1.29, 1.82) is 0 Å². The summed E-state index contributed by atoms with van der Waals surface area (Å²) in [6.07, 6.45) is 6.02. The molecule has 0 fully saturated rings. The first-order chi connectivity index (χ1) is 10.3. The molecule has 130 valence electrons. The Bertz CT molecular complexity index is 526. The van der Waals surface area contributed by atoms with Crippen LogP contribution in [0.4, 0.5) is 0 Å². The number of hydrogen-bond acceptors (Lipinski definition) is 4. The van der Waals surface area contributed by atoms with Crippen LogP contribution in [0.25, 0.3) is 0 Å². The van der Waals surface area contributed by atoms with Crippen molar-refractivity contribution < 1.29 is 9.59 Å². The molecule has 1 amide bonds. The highest BCUT2D eigenvalue weighted by atomic mass is 35.5. The van der Waals surface area contributed by atoms with Gasteiger partial charge in [-0.15, -0.1) is 12.4 Å². The number of hydrogen-bond donors (Lipinski definition) is 2. The fourth-order valence-corrected chi connectivity index (χ4v) is 3.23. The largest absolute Gasteiger partial charge is 0.326 e.